The maximum absolute atomic E-state index is 13.3. The van der Waals surface area contributed by atoms with Crippen molar-refractivity contribution in [3.05, 3.63) is 35.9 Å². The van der Waals surface area contributed by atoms with Crippen LogP contribution in [0.1, 0.15) is 0 Å². The Morgan fingerprint density at radius 3 is 2.20 bits per heavy atom. The minimum atomic E-state index is -0.997. The first-order valence-corrected chi connectivity index (χ1v) is 4.08. The normalized spacial score (nSPS) is 10.7. The number of rotatable bonds is 1. The van der Waals surface area contributed by atoms with Gasteiger partial charge in [0, 0.05) is 19.2 Å². The molecular weight excluding hydrogens is 207 g/mol. The minimum Gasteiger partial charge on any atom is -0.317 e. The van der Waals surface area contributed by atoms with Crippen molar-refractivity contribution in [2.75, 3.05) is 0 Å². The maximum atomic E-state index is 13.3. The van der Waals surface area contributed by atoms with Crippen molar-refractivity contribution < 1.29 is 13.2 Å². The molecular formula is C9H6F3N3. The molecule has 0 N–H and O–H groups in total. The predicted molar refractivity (Wildman–Crippen MR) is 46.3 cm³/mol. The van der Waals surface area contributed by atoms with Crippen LogP contribution in [0.15, 0.2) is 18.5 Å². The lowest BCUT2D eigenvalue weighted by atomic mass is 10.2. The molecule has 6 heteroatoms. The molecule has 2 rings (SSSR count). The van der Waals surface area contributed by atoms with Gasteiger partial charge in [-0.1, -0.05) is 0 Å². The summed E-state index contributed by atoms with van der Waals surface area (Å²) in [7, 11) is 1.54. The summed E-state index contributed by atoms with van der Waals surface area (Å²) in [5.74, 6) is -2.94. The van der Waals surface area contributed by atoms with E-state index < -0.39 is 17.5 Å². The highest BCUT2D eigenvalue weighted by Gasteiger charge is 2.17. The van der Waals surface area contributed by atoms with Crippen molar-refractivity contribution in [1.82, 2.24) is 14.8 Å². The molecule has 0 amide bonds. The highest BCUT2D eigenvalue weighted by Crippen LogP contribution is 2.24. The number of aromatic nitrogens is 3. The second-order valence-electron chi connectivity index (χ2n) is 3.01. The third-order valence-corrected chi connectivity index (χ3v) is 1.94. The van der Waals surface area contributed by atoms with Gasteiger partial charge in [0.2, 0.25) is 0 Å². The fraction of sp³-hybridized carbons (Fsp3) is 0.111. The summed E-state index contributed by atoms with van der Waals surface area (Å²) in [6.07, 6.45) is 1.30. The zero-order valence-corrected chi connectivity index (χ0v) is 7.71. The van der Waals surface area contributed by atoms with E-state index in [1.807, 2.05) is 0 Å². The largest absolute Gasteiger partial charge is 0.317 e. The first-order valence-electron chi connectivity index (χ1n) is 4.08. The lowest BCUT2D eigenvalue weighted by molar-refractivity contribution is 0.545. The highest BCUT2D eigenvalue weighted by molar-refractivity contribution is 5.56. The second-order valence-corrected chi connectivity index (χ2v) is 3.01. The smallest absolute Gasteiger partial charge is 0.169 e. The number of aryl methyl sites for hydroxylation is 1. The molecule has 2 aromatic rings. The van der Waals surface area contributed by atoms with E-state index in [0.717, 1.165) is 0 Å². The van der Waals surface area contributed by atoms with Crippen LogP contribution in [-0.4, -0.2) is 14.8 Å². The van der Waals surface area contributed by atoms with Gasteiger partial charge in [-0.05, 0) is 0 Å². The molecule has 78 valence electrons. The van der Waals surface area contributed by atoms with Crippen molar-refractivity contribution in [2.24, 2.45) is 7.05 Å². The minimum absolute atomic E-state index is 0.0185. The van der Waals surface area contributed by atoms with Crippen LogP contribution in [0.4, 0.5) is 13.2 Å². The molecule has 15 heavy (non-hydrogen) atoms. The Morgan fingerprint density at radius 2 is 1.73 bits per heavy atom. The van der Waals surface area contributed by atoms with Crippen molar-refractivity contribution in [1.29, 1.82) is 0 Å². The van der Waals surface area contributed by atoms with E-state index in [0.29, 0.717) is 12.1 Å². The van der Waals surface area contributed by atoms with Crippen molar-refractivity contribution in [3.8, 4) is 11.4 Å². The Morgan fingerprint density at radius 1 is 1.13 bits per heavy atom. The molecule has 0 radical (unpaired) electrons. The van der Waals surface area contributed by atoms with Gasteiger partial charge in [-0.3, -0.25) is 0 Å². The van der Waals surface area contributed by atoms with Gasteiger partial charge >= 0.3 is 0 Å². The standard InChI is InChI=1S/C9H6F3N3/c1-15-4-13-14-9(15)8-6(11)2-5(10)3-7(8)12/h2-4H,1H3. The van der Waals surface area contributed by atoms with E-state index in [-0.39, 0.29) is 11.4 Å². The summed E-state index contributed by atoms with van der Waals surface area (Å²) in [4.78, 5) is 0. The average Bonchev–Trinajstić information content (AvgIpc) is 2.50. The Bertz CT molecular complexity index is 484. The van der Waals surface area contributed by atoms with Gasteiger partial charge in [0.15, 0.2) is 5.82 Å². The number of nitrogens with zero attached hydrogens (tertiary/aromatic N) is 3. The van der Waals surface area contributed by atoms with Crippen molar-refractivity contribution in [3.63, 3.8) is 0 Å². The van der Waals surface area contributed by atoms with E-state index in [2.05, 4.69) is 10.2 Å². The van der Waals surface area contributed by atoms with Crippen LogP contribution in [0.25, 0.3) is 11.4 Å². The average molecular weight is 213 g/mol. The molecule has 0 bridgehead atoms. The fourth-order valence-electron chi connectivity index (χ4n) is 1.27. The molecule has 0 saturated heterocycles. The fourth-order valence-corrected chi connectivity index (χ4v) is 1.27. The van der Waals surface area contributed by atoms with Crippen LogP contribution < -0.4 is 0 Å². The van der Waals surface area contributed by atoms with Gasteiger partial charge in [0.05, 0.1) is 5.56 Å². The van der Waals surface area contributed by atoms with Crippen LogP contribution >= 0.6 is 0 Å². The Balaban J connectivity index is 2.68. The molecule has 0 aliphatic rings. The van der Waals surface area contributed by atoms with Crippen LogP contribution in [-0.2, 0) is 7.05 Å². The topological polar surface area (TPSA) is 30.7 Å². The molecule has 0 fully saturated rings. The Kier molecular flexibility index (Phi) is 2.18. The van der Waals surface area contributed by atoms with Crippen LogP contribution in [0.5, 0.6) is 0 Å². The predicted octanol–water partition coefficient (Wildman–Crippen LogP) is 1.90. The maximum Gasteiger partial charge on any atom is 0.169 e. The van der Waals surface area contributed by atoms with E-state index in [1.165, 1.54) is 17.9 Å². The summed E-state index contributed by atoms with van der Waals surface area (Å²) in [5.41, 5.74) is -0.378. The van der Waals surface area contributed by atoms with Gasteiger partial charge in [-0.15, -0.1) is 10.2 Å². The summed E-state index contributed by atoms with van der Waals surface area (Å²) in [5, 5.41) is 7.04. The van der Waals surface area contributed by atoms with E-state index >= 15 is 0 Å². The number of halogens is 3. The number of benzene rings is 1. The molecule has 1 aromatic heterocycles. The van der Waals surface area contributed by atoms with E-state index in [1.54, 1.807) is 0 Å². The van der Waals surface area contributed by atoms with Crippen molar-refractivity contribution in [2.45, 2.75) is 0 Å². The molecule has 1 aromatic carbocycles. The summed E-state index contributed by atoms with van der Waals surface area (Å²) >= 11 is 0. The summed E-state index contributed by atoms with van der Waals surface area (Å²) in [6.45, 7) is 0. The molecule has 0 unspecified atom stereocenters. The SMILES string of the molecule is Cn1cnnc1-c1c(F)cc(F)cc1F. The molecule has 1 heterocycles. The number of hydrogen-bond acceptors (Lipinski definition) is 2. The molecule has 0 aliphatic carbocycles. The lowest BCUT2D eigenvalue weighted by Crippen LogP contribution is -1.98. The van der Waals surface area contributed by atoms with E-state index in [9.17, 15) is 13.2 Å². The molecule has 0 spiro atoms. The van der Waals surface area contributed by atoms with Crippen LogP contribution in [0, 0.1) is 17.5 Å². The highest BCUT2D eigenvalue weighted by atomic mass is 19.1. The van der Waals surface area contributed by atoms with Gasteiger partial charge in [0.1, 0.15) is 23.8 Å². The third-order valence-electron chi connectivity index (χ3n) is 1.94. The van der Waals surface area contributed by atoms with E-state index in [4.69, 9.17) is 0 Å². The molecule has 0 aliphatic heterocycles. The quantitative estimate of drug-likeness (QED) is 0.724. The van der Waals surface area contributed by atoms with Gasteiger partial charge in [-0.25, -0.2) is 13.2 Å². The van der Waals surface area contributed by atoms with Gasteiger partial charge in [-0.2, -0.15) is 0 Å². The van der Waals surface area contributed by atoms with Crippen LogP contribution in [0.2, 0.25) is 0 Å². The number of hydrogen-bond donors (Lipinski definition) is 0. The second kappa shape index (κ2) is 3.38. The zero-order valence-electron chi connectivity index (χ0n) is 7.71. The molecule has 0 atom stereocenters. The first kappa shape index (κ1) is 9.70. The summed E-state index contributed by atoms with van der Waals surface area (Å²) < 4.78 is 40.6. The molecule has 3 nitrogen and oxygen atoms in total. The van der Waals surface area contributed by atoms with Gasteiger partial charge in [0.25, 0.3) is 0 Å². The molecule has 0 saturated carbocycles. The summed E-state index contributed by atoms with van der Waals surface area (Å²) in [6, 6.07) is 1.21. The van der Waals surface area contributed by atoms with Crippen molar-refractivity contribution >= 4 is 0 Å². The zero-order chi connectivity index (χ0) is 11.0. The first-order chi connectivity index (χ1) is 7.09. The Labute approximate surface area is 83.2 Å². The van der Waals surface area contributed by atoms with Gasteiger partial charge < -0.3 is 4.57 Å². The third kappa shape index (κ3) is 1.58. The Hall–Kier alpha value is -1.85. The lowest BCUT2D eigenvalue weighted by Gasteiger charge is -2.03. The van der Waals surface area contributed by atoms with Crippen LogP contribution in [0.3, 0.4) is 0 Å². The monoisotopic (exact) mass is 213 g/mol.